The monoisotopic (exact) mass is 569 g/mol. The molecule has 0 aromatic heterocycles. The maximum atomic E-state index is 7.42. The SMILES string of the molecule is C[SiH](C)OC(C(C)(C)C)[C@@]12CC[C@@](C(O[SiH](C)C)C(C)(C)C)(C[C@H](c3ccc(N)c(Br)c3)C1)O2. The van der Waals surface area contributed by atoms with Crippen LogP contribution in [0.15, 0.2) is 22.7 Å². The minimum absolute atomic E-state index is 0.0121. The Balaban J connectivity index is 2.15. The lowest BCUT2D eigenvalue weighted by Crippen LogP contribution is -2.61. The second kappa shape index (κ2) is 9.94. The first-order valence-electron chi connectivity index (χ1n) is 13.1. The van der Waals surface area contributed by atoms with E-state index in [4.69, 9.17) is 19.3 Å². The highest BCUT2D eigenvalue weighted by Crippen LogP contribution is 2.60. The van der Waals surface area contributed by atoms with Crippen molar-refractivity contribution in [2.24, 2.45) is 10.8 Å². The summed E-state index contributed by atoms with van der Waals surface area (Å²) in [6.45, 7) is 23.0. The number of hydrogen-bond acceptors (Lipinski definition) is 4. The number of nitrogens with two attached hydrogens (primary N) is 1. The molecule has 0 spiro atoms. The lowest BCUT2D eigenvalue weighted by Gasteiger charge is -2.55. The Morgan fingerprint density at radius 1 is 0.912 bits per heavy atom. The van der Waals surface area contributed by atoms with Gasteiger partial charge in [0.1, 0.15) is 0 Å². The molecule has 0 aliphatic carbocycles. The van der Waals surface area contributed by atoms with Crippen LogP contribution in [0.25, 0.3) is 0 Å². The number of halogens is 1. The summed E-state index contributed by atoms with van der Waals surface area (Å²) < 4.78 is 22.1. The van der Waals surface area contributed by atoms with Crippen molar-refractivity contribution in [1.29, 1.82) is 0 Å². The van der Waals surface area contributed by atoms with Crippen LogP contribution in [0, 0.1) is 10.8 Å². The van der Waals surface area contributed by atoms with E-state index in [0.29, 0.717) is 5.92 Å². The summed E-state index contributed by atoms with van der Waals surface area (Å²) in [5.74, 6) is 0.373. The molecular formula is C27H48BrNO3Si2. The normalized spacial score (nSPS) is 29.6. The lowest BCUT2D eigenvalue weighted by atomic mass is 9.69. The topological polar surface area (TPSA) is 53.7 Å². The largest absolute Gasteiger partial charge is 0.414 e. The molecule has 2 unspecified atom stereocenters. The molecule has 0 radical (unpaired) electrons. The Morgan fingerprint density at radius 2 is 1.35 bits per heavy atom. The first-order chi connectivity index (χ1) is 15.5. The van der Waals surface area contributed by atoms with Crippen LogP contribution in [-0.4, -0.2) is 41.5 Å². The number of anilines is 1. The van der Waals surface area contributed by atoms with Crippen molar-refractivity contribution < 1.29 is 13.6 Å². The molecular weight excluding hydrogens is 522 g/mol. The first-order valence-corrected chi connectivity index (χ1v) is 19.4. The van der Waals surface area contributed by atoms with Gasteiger partial charge in [-0.1, -0.05) is 47.6 Å². The van der Waals surface area contributed by atoms with E-state index in [-0.39, 0.29) is 34.2 Å². The van der Waals surface area contributed by atoms with E-state index >= 15 is 0 Å². The minimum atomic E-state index is -1.28. The maximum absolute atomic E-state index is 7.42. The van der Waals surface area contributed by atoms with Gasteiger partial charge in [0.05, 0.1) is 23.4 Å². The Kier molecular flexibility index (Phi) is 8.30. The molecule has 1 aromatic rings. The molecule has 2 heterocycles. The fraction of sp³-hybridized carbons (Fsp3) is 0.778. The maximum Gasteiger partial charge on any atom is 0.171 e. The predicted octanol–water partition coefficient (Wildman–Crippen LogP) is 7.03. The zero-order chi connectivity index (χ0) is 25.7. The smallest absolute Gasteiger partial charge is 0.171 e. The first kappa shape index (κ1) is 28.4. The Morgan fingerprint density at radius 3 is 1.71 bits per heavy atom. The van der Waals surface area contributed by atoms with E-state index < -0.39 is 18.1 Å². The summed E-state index contributed by atoms with van der Waals surface area (Å²) >= 11 is 3.68. The second-order valence-electron chi connectivity index (χ2n) is 13.5. The summed E-state index contributed by atoms with van der Waals surface area (Å²) in [4.78, 5) is 0. The molecule has 34 heavy (non-hydrogen) atoms. The van der Waals surface area contributed by atoms with Crippen molar-refractivity contribution >= 4 is 39.7 Å². The summed E-state index contributed by atoms with van der Waals surface area (Å²) in [6.07, 6.45) is 4.13. The van der Waals surface area contributed by atoms with E-state index in [1.54, 1.807) is 0 Å². The summed E-state index contributed by atoms with van der Waals surface area (Å²) in [6, 6.07) is 6.47. The molecule has 2 saturated heterocycles. The highest BCUT2D eigenvalue weighted by atomic mass is 79.9. The second-order valence-corrected chi connectivity index (χ2v) is 19.1. The molecule has 7 heteroatoms. The molecule has 1 aromatic carbocycles. The minimum Gasteiger partial charge on any atom is -0.414 e. The fourth-order valence-corrected chi connectivity index (χ4v) is 9.32. The van der Waals surface area contributed by atoms with Gasteiger partial charge >= 0.3 is 0 Å². The van der Waals surface area contributed by atoms with Crippen LogP contribution in [0.5, 0.6) is 0 Å². The number of nitrogen functional groups attached to an aromatic ring is 1. The molecule has 5 atom stereocenters. The van der Waals surface area contributed by atoms with Gasteiger partial charge in [-0.3, -0.25) is 0 Å². The van der Waals surface area contributed by atoms with Gasteiger partial charge in [0, 0.05) is 10.2 Å². The van der Waals surface area contributed by atoms with E-state index in [1.165, 1.54) is 5.56 Å². The third-order valence-electron chi connectivity index (χ3n) is 7.40. The van der Waals surface area contributed by atoms with Gasteiger partial charge < -0.3 is 19.3 Å². The number of rotatable bonds is 7. The summed E-state index contributed by atoms with van der Waals surface area (Å²) in [7, 11) is -2.56. The highest BCUT2D eigenvalue weighted by molar-refractivity contribution is 9.10. The van der Waals surface area contributed by atoms with Gasteiger partial charge in [0.15, 0.2) is 18.1 Å². The molecule has 2 aliphatic heterocycles. The molecule has 194 valence electrons. The van der Waals surface area contributed by atoms with E-state index in [2.05, 4.69) is 95.8 Å². The summed E-state index contributed by atoms with van der Waals surface area (Å²) in [5, 5.41) is 0. The van der Waals surface area contributed by atoms with Gasteiger partial charge in [-0.2, -0.15) is 0 Å². The highest BCUT2D eigenvalue weighted by Gasteiger charge is 2.64. The molecule has 2 aliphatic rings. The molecule has 0 amide bonds. The number of hydrogen-bond donors (Lipinski definition) is 1. The molecule has 0 saturated carbocycles. The van der Waals surface area contributed by atoms with Gasteiger partial charge in [0.25, 0.3) is 0 Å². The van der Waals surface area contributed by atoms with Crippen molar-refractivity contribution in [3.63, 3.8) is 0 Å². The van der Waals surface area contributed by atoms with Gasteiger partial charge in [0.2, 0.25) is 0 Å². The molecule has 4 nitrogen and oxygen atoms in total. The van der Waals surface area contributed by atoms with E-state index in [9.17, 15) is 0 Å². The van der Waals surface area contributed by atoms with Crippen molar-refractivity contribution in [2.75, 3.05) is 5.73 Å². The third-order valence-corrected chi connectivity index (χ3v) is 9.72. The van der Waals surface area contributed by atoms with Crippen LogP contribution in [0.2, 0.25) is 26.2 Å². The lowest BCUT2D eigenvalue weighted by molar-refractivity contribution is -0.240. The van der Waals surface area contributed by atoms with Crippen LogP contribution in [-0.2, 0) is 13.6 Å². The number of ether oxygens (including phenoxy) is 1. The van der Waals surface area contributed by atoms with Crippen LogP contribution in [0.3, 0.4) is 0 Å². The van der Waals surface area contributed by atoms with Crippen LogP contribution >= 0.6 is 15.9 Å². The summed E-state index contributed by atoms with van der Waals surface area (Å²) in [5.41, 5.74) is 7.64. The van der Waals surface area contributed by atoms with Crippen molar-refractivity contribution in [3.8, 4) is 0 Å². The quantitative estimate of drug-likeness (QED) is 0.283. The van der Waals surface area contributed by atoms with E-state index in [0.717, 1.165) is 35.8 Å². The molecule has 2 N–H and O–H groups in total. The Labute approximate surface area is 220 Å². The van der Waals surface area contributed by atoms with Crippen molar-refractivity contribution in [1.82, 2.24) is 0 Å². The van der Waals surface area contributed by atoms with Crippen LogP contribution < -0.4 is 5.73 Å². The third kappa shape index (κ3) is 5.86. The average Bonchev–Trinajstić information content (AvgIpc) is 2.96. The molecule has 3 rings (SSSR count). The number of fused-ring (bicyclic) bond motifs is 2. The Hall–Kier alpha value is -0.186. The standard InChI is InChI=1S/C27H48BrNO3Si2/c1-24(2,3)22(30-33(7)8)26-13-14-27(32-26,23(25(4,5)6)31-34(9)10)17-19(16-26)18-11-12-21(29)20(28)15-18/h11-12,15,19,22-23,33-34H,13-14,16-17,29H2,1-10H3/t19-,22?,23?,26-,27+. The van der Waals surface area contributed by atoms with Crippen LogP contribution in [0.1, 0.15) is 78.7 Å². The van der Waals surface area contributed by atoms with E-state index in [1.807, 2.05) is 6.07 Å². The molecule has 2 fully saturated rings. The molecule has 2 bridgehead atoms. The van der Waals surface area contributed by atoms with Crippen LogP contribution in [0.4, 0.5) is 5.69 Å². The van der Waals surface area contributed by atoms with Gasteiger partial charge in [-0.25, -0.2) is 0 Å². The Bertz CT molecular complexity index is 822. The van der Waals surface area contributed by atoms with Crippen molar-refractivity contribution in [2.45, 2.75) is 123 Å². The fourth-order valence-electron chi connectivity index (χ4n) is 6.52. The average molecular weight is 571 g/mol. The van der Waals surface area contributed by atoms with Gasteiger partial charge in [-0.15, -0.1) is 0 Å². The zero-order valence-electron chi connectivity index (χ0n) is 23.1. The zero-order valence-corrected chi connectivity index (χ0v) is 27.0. The van der Waals surface area contributed by atoms with Gasteiger partial charge in [-0.05, 0) is 102 Å². The predicted molar refractivity (Wildman–Crippen MR) is 153 cm³/mol. The van der Waals surface area contributed by atoms with Crippen molar-refractivity contribution in [3.05, 3.63) is 28.2 Å². The number of benzene rings is 1.